The molecular formula is C13H14FNO. The van der Waals surface area contributed by atoms with Crippen molar-refractivity contribution in [1.82, 2.24) is 0 Å². The number of nitrogens with two attached hydrogens (primary N) is 1. The number of benzene rings is 1. The molecule has 1 aromatic heterocycles. The predicted octanol–water partition coefficient (Wildman–Crippen LogP) is 3.08. The van der Waals surface area contributed by atoms with Crippen LogP contribution in [0.25, 0.3) is 0 Å². The fraction of sp³-hybridized carbons (Fsp3) is 0.231. The van der Waals surface area contributed by atoms with E-state index in [1.165, 1.54) is 12.1 Å². The van der Waals surface area contributed by atoms with E-state index in [-0.39, 0.29) is 5.82 Å². The van der Waals surface area contributed by atoms with Crippen LogP contribution in [0.5, 0.6) is 0 Å². The average Bonchev–Trinajstić information content (AvgIpc) is 2.67. The summed E-state index contributed by atoms with van der Waals surface area (Å²) in [5.74, 6) is 0.411. The van der Waals surface area contributed by atoms with Crippen molar-refractivity contribution in [2.45, 2.75) is 19.9 Å². The van der Waals surface area contributed by atoms with Crippen LogP contribution in [0.15, 0.2) is 34.9 Å². The van der Waals surface area contributed by atoms with Gasteiger partial charge in [0.1, 0.15) is 11.6 Å². The van der Waals surface area contributed by atoms with Gasteiger partial charge in [-0.25, -0.2) is 4.39 Å². The van der Waals surface area contributed by atoms with Gasteiger partial charge in [0.2, 0.25) is 0 Å². The number of hydrogen-bond acceptors (Lipinski definition) is 2. The van der Waals surface area contributed by atoms with Crippen molar-refractivity contribution < 1.29 is 8.81 Å². The molecule has 0 bridgehead atoms. The first-order chi connectivity index (χ1) is 7.59. The molecular weight excluding hydrogens is 205 g/mol. The first kappa shape index (κ1) is 10.9. The lowest BCUT2D eigenvalue weighted by Crippen LogP contribution is -2.13. The van der Waals surface area contributed by atoms with Crippen LogP contribution in [-0.4, -0.2) is 0 Å². The molecule has 0 amide bonds. The van der Waals surface area contributed by atoms with Crippen LogP contribution in [0.4, 0.5) is 4.39 Å². The lowest BCUT2D eigenvalue weighted by atomic mass is 9.98. The highest BCUT2D eigenvalue weighted by Gasteiger charge is 2.17. The number of rotatable bonds is 2. The van der Waals surface area contributed by atoms with Gasteiger partial charge in [0, 0.05) is 0 Å². The summed E-state index contributed by atoms with van der Waals surface area (Å²) in [6.45, 7) is 3.83. The Labute approximate surface area is 93.9 Å². The Balaban J connectivity index is 2.45. The molecule has 0 aliphatic heterocycles. The molecule has 1 aromatic carbocycles. The third-order valence-electron chi connectivity index (χ3n) is 2.76. The molecule has 84 valence electrons. The molecule has 1 unspecified atom stereocenters. The molecule has 0 saturated carbocycles. The van der Waals surface area contributed by atoms with E-state index in [9.17, 15) is 4.39 Å². The second-order valence-electron chi connectivity index (χ2n) is 3.95. The van der Waals surface area contributed by atoms with Gasteiger partial charge in [-0.05, 0) is 48.7 Å². The predicted molar refractivity (Wildman–Crippen MR) is 60.6 cm³/mol. The first-order valence-electron chi connectivity index (χ1n) is 5.15. The molecule has 1 atom stereocenters. The molecule has 1 heterocycles. The molecule has 0 radical (unpaired) electrons. The lowest BCUT2D eigenvalue weighted by molar-refractivity contribution is 0.485. The molecule has 16 heavy (non-hydrogen) atoms. The average molecular weight is 219 g/mol. The van der Waals surface area contributed by atoms with Crippen LogP contribution in [0.1, 0.15) is 28.5 Å². The first-order valence-corrected chi connectivity index (χ1v) is 5.15. The summed E-state index contributed by atoms with van der Waals surface area (Å²) in [5.41, 5.74) is 8.78. The highest BCUT2D eigenvalue weighted by atomic mass is 19.1. The molecule has 2 N–H and O–H groups in total. The SMILES string of the molecule is Cc1ccc(F)cc1C(N)c1occc1C. The van der Waals surface area contributed by atoms with Crippen LogP contribution in [-0.2, 0) is 0 Å². The molecule has 0 aliphatic rings. The molecule has 3 heteroatoms. The van der Waals surface area contributed by atoms with Crippen molar-refractivity contribution in [3.05, 3.63) is 58.8 Å². The summed E-state index contributed by atoms with van der Waals surface area (Å²) in [5, 5.41) is 0. The maximum atomic E-state index is 13.2. The second kappa shape index (κ2) is 4.10. The highest BCUT2D eigenvalue weighted by molar-refractivity contribution is 5.35. The molecule has 2 rings (SSSR count). The monoisotopic (exact) mass is 219 g/mol. The zero-order valence-corrected chi connectivity index (χ0v) is 9.33. The summed E-state index contributed by atoms with van der Waals surface area (Å²) in [6.07, 6.45) is 1.60. The molecule has 2 aromatic rings. The minimum atomic E-state index is -0.411. The summed E-state index contributed by atoms with van der Waals surface area (Å²) >= 11 is 0. The fourth-order valence-corrected chi connectivity index (χ4v) is 1.79. The van der Waals surface area contributed by atoms with E-state index in [1.807, 2.05) is 19.9 Å². The Morgan fingerprint density at radius 1 is 1.19 bits per heavy atom. The fourth-order valence-electron chi connectivity index (χ4n) is 1.79. The molecule has 0 fully saturated rings. The van der Waals surface area contributed by atoms with Gasteiger partial charge in [-0.1, -0.05) is 6.07 Å². The van der Waals surface area contributed by atoms with Crippen molar-refractivity contribution in [2.24, 2.45) is 5.73 Å². The van der Waals surface area contributed by atoms with Crippen LogP contribution in [0, 0.1) is 19.7 Å². The quantitative estimate of drug-likeness (QED) is 0.843. The van der Waals surface area contributed by atoms with Crippen LogP contribution in [0.3, 0.4) is 0 Å². The van der Waals surface area contributed by atoms with E-state index in [0.29, 0.717) is 5.76 Å². The van der Waals surface area contributed by atoms with Crippen LogP contribution >= 0.6 is 0 Å². The maximum Gasteiger partial charge on any atom is 0.127 e. The minimum Gasteiger partial charge on any atom is -0.467 e. The summed E-state index contributed by atoms with van der Waals surface area (Å²) in [4.78, 5) is 0. The van der Waals surface area contributed by atoms with Gasteiger partial charge < -0.3 is 10.2 Å². The van der Waals surface area contributed by atoms with E-state index >= 15 is 0 Å². The number of halogens is 1. The maximum absolute atomic E-state index is 13.2. The third kappa shape index (κ3) is 1.86. The van der Waals surface area contributed by atoms with E-state index in [4.69, 9.17) is 10.2 Å². The van der Waals surface area contributed by atoms with E-state index in [2.05, 4.69) is 0 Å². The highest BCUT2D eigenvalue weighted by Crippen LogP contribution is 2.26. The number of furan rings is 1. The Morgan fingerprint density at radius 3 is 2.56 bits per heavy atom. The normalized spacial score (nSPS) is 12.8. The zero-order chi connectivity index (χ0) is 11.7. The largest absolute Gasteiger partial charge is 0.467 e. The Hall–Kier alpha value is -1.61. The van der Waals surface area contributed by atoms with E-state index in [1.54, 1.807) is 12.3 Å². The zero-order valence-electron chi connectivity index (χ0n) is 9.33. The summed E-state index contributed by atoms with van der Waals surface area (Å²) < 4.78 is 18.5. The van der Waals surface area contributed by atoms with Gasteiger partial charge in [0.05, 0.1) is 12.3 Å². The lowest BCUT2D eigenvalue weighted by Gasteiger charge is -2.13. The Kier molecular flexibility index (Phi) is 2.79. The van der Waals surface area contributed by atoms with Gasteiger partial charge in [-0.2, -0.15) is 0 Å². The van der Waals surface area contributed by atoms with Gasteiger partial charge in [0.25, 0.3) is 0 Å². The Bertz CT molecular complexity index is 504. The standard InChI is InChI=1S/C13H14FNO/c1-8-3-4-10(14)7-11(8)12(15)13-9(2)5-6-16-13/h3-7,12H,15H2,1-2H3. The van der Waals surface area contributed by atoms with Crippen LogP contribution < -0.4 is 5.73 Å². The third-order valence-corrected chi connectivity index (χ3v) is 2.76. The van der Waals surface area contributed by atoms with Crippen molar-refractivity contribution in [3.63, 3.8) is 0 Å². The number of hydrogen-bond donors (Lipinski definition) is 1. The van der Waals surface area contributed by atoms with Crippen molar-refractivity contribution >= 4 is 0 Å². The van der Waals surface area contributed by atoms with Gasteiger partial charge in [-0.15, -0.1) is 0 Å². The van der Waals surface area contributed by atoms with Crippen LogP contribution in [0.2, 0.25) is 0 Å². The van der Waals surface area contributed by atoms with E-state index in [0.717, 1.165) is 16.7 Å². The topological polar surface area (TPSA) is 39.2 Å². The van der Waals surface area contributed by atoms with Gasteiger partial charge in [0.15, 0.2) is 0 Å². The summed E-state index contributed by atoms with van der Waals surface area (Å²) in [6, 6.07) is 6.06. The van der Waals surface area contributed by atoms with E-state index < -0.39 is 6.04 Å². The number of aryl methyl sites for hydroxylation is 2. The molecule has 0 spiro atoms. The summed E-state index contributed by atoms with van der Waals surface area (Å²) in [7, 11) is 0. The molecule has 2 nitrogen and oxygen atoms in total. The molecule has 0 saturated heterocycles. The van der Waals surface area contributed by atoms with Crippen molar-refractivity contribution in [1.29, 1.82) is 0 Å². The second-order valence-corrected chi connectivity index (χ2v) is 3.95. The van der Waals surface area contributed by atoms with Gasteiger partial charge >= 0.3 is 0 Å². The Morgan fingerprint density at radius 2 is 1.94 bits per heavy atom. The molecule has 0 aliphatic carbocycles. The van der Waals surface area contributed by atoms with Crippen molar-refractivity contribution in [2.75, 3.05) is 0 Å². The smallest absolute Gasteiger partial charge is 0.127 e. The minimum absolute atomic E-state index is 0.278. The van der Waals surface area contributed by atoms with Gasteiger partial charge in [-0.3, -0.25) is 0 Å². The van der Waals surface area contributed by atoms with Crippen molar-refractivity contribution in [3.8, 4) is 0 Å².